The van der Waals surface area contributed by atoms with E-state index in [0.717, 1.165) is 24.2 Å². The lowest BCUT2D eigenvalue weighted by atomic mass is 9.98. The fourth-order valence-electron chi connectivity index (χ4n) is 3.55. The Bertz CT molecular complexity index is 978. The van der Waals surface area contributed by atoms with Crippen LogP contribution in [0.15, 0.2) is 36.7 Å². The number of aromatic hydroxyl groups is 2. The molecule has 0 fully saturated rings. The van der Waals surface area contributed by atoms with Crippen LogP contribution in [0, 0.1) is 0 Å². The van der Waals surface area contributed by atoms with Crippen LogP contribution < -0.4 is 4.90 Å². The average molecular weight is 350 g/mol. The summed E-state index contributed by atoms with van der Waals surface area (Å²) < 4.78 is 1.87. The van der Waals surface area contributed by atoms with E-state index >= 15 is 0 Å². The van der Waals surface area contributed by atoms with Gasteiger partial charge in [0.2, 0.25) is 0 Å². The smallest absolute Gasteiger partial charge is 0.172 e. The van der Waals surface area contributed by atoms with Crippen LogP contribution in [-0.4, -0.2) is 38.6 Å². The fraction of sp³-hybridized carbons (Fsp3) is 0.300. The van der Waals surface area contributed by atoms with Gasteiger partial charge in [-0.3, -0.25) is 4.57 Å². The van der Waals surface area contributed by atoms with E-state index in [9.17, 15) is 10.2 Å². The molecule has 4 rings (SSSR count). The molecule has 0 aliphatic carbocycles. The van der Waals surface area contributed by atoms with Crippen LogP contribution in [0.25, 0.3) is 17.1 Å². The first kappa shape index (κ1) is 16.4. The zero-order valence-corrected chi connectivity index (χ0v) is 15.1. The first-order valence-electron chi connectivity index (χ1n) is 8.76. The van der Waals surface area contributed by atoms with Crippen molar-refractivity contribution in [2.45, 2.75) is 26.2 Å². The minimum atomic E-state index is -0.0120. The summed E-state index contributed by atoms with van der Waals surface area (Å²) >= 11 is 0. The van der Waals surface area contributed by atoms with Crippen molar-refractivity contribution in [3.63, 3.8) is 0 Å². The average Bonchev–Trinajstić information content (AvgIpc) is 3.21. The number of aromatic nitrogens is 3. The van der Waals surface area contributed by atoms with E-state index in [0.29, 0.717) is 11.4 Å². The molecule has 3 aromatic rings. The van der Waals surface area contributed by atoms with Crippen LogP contribution in [0.4, 0.5) is 5.69 Å². The first-order chi connectivity index (χ1) is 12.5. The molecule has 0 amide bonds. The van der Waals surface area contributed by atoms with Crippen molar-refractivity contribution in [3.05, 3.63) is 47.8 Å². The van der Waals surface area contributed by atoms with Crippen LogP contribution in [0.1, 0.15) is 30.9 Å². The number of likely N-dealkylation sites (N-methyl/N-ethyl adjacent to an activating group) is 1. The predicted molar refractivity (Wildman–Crippen MR) is 101 cm³/mol. The van der Waals surface area contributed by atoms with Gasteiger partial charge in [-0.25, -0.2) is 0 Å². The second-order valence-corrected chi connectivity index (χ2v) is 7.09. The third-order valence-corrected chi connectivity index (χ3v) is 5.02. The molecule has 1 aliphatic rings. The van der Waals surface area contributed by atoms with Gasteiger partial charge in [0.05, 0.1) is 5.56 Å². The first-order valence-corrected chi connectivity index (χ1v) is 8.76. The van der Waals surface area contributed by atoms with Gasteiger partial charge in [0.25, 0.3) is 0 Å². The van der Waals surface area contributed by atoms with Crippen LogP contribution in [0.5, 0.6) is 11.5 Å². The number of nitrogens with zero attached hydrogens (tertiary/aromatic N) is 4. The SMILES string of the molecule is CC(C)c1cc(-c2nncn2-c2ccc3c(c2)CCN3C)c(O)cc1O. The molecule has 2 heterocycles. The van der Waals surface area contributed by atoms with E-state index in [-0.39, 0.29) is 17.4 Å². The lowest BCUT2D eigenvalue weighted by Gasteiger charge is -2.15. The topological polar surface area (TPSA) is 74.4 Å². The molecular weight excluding hydrogens is 328 g/mol. The molecule has 0 bridgehead atoms. The van der Waals surface area contributed by atoms with Gasteiger partial charge in [-0.1, -0.05) is 13.8 Å². The van der Waals surface area contributed by atoms with Gasteiger partial charge in [0.15, 0.2) is 5.82 Å². The maximum absolute atomic E-state index is 10.4. The predicted octanol–water partition coefficient (Wildman–Crippen LogP) is 3.46. The number of hydrogen-bond donors (Lipinski definition) is 2. The summed E-state index contributed by atoms with van der Waals surface area (Å²) in [7, 11) is 2.09. The largest absolute Gasteiger partial charge is 0.508 e. The molecule has 6 nitrogen and oxygen atoms in total. The molecule has 134 valence electrons. The van der Waals surface area contributed by atoms with Crippen molar-refractivity contribution >= 4 is 5.69 Å². The molecule has 0 saturated heterocycles. The van der Waals surface area contributed by atoms with Gasteiger partial charge in [0.1, 0.15) is 17.8 Å². The summed E-state index contributed by atoms with van der Waals surface area (Å²) in [6, 6.07) is 9.46. The van der Waals surface area contributed by atoms with E-state index in [1.807, 2.05) is 24.5 Å². The standard InChI is InChI=1S/C20H22N4O2/c1-12(2)15-9-16(19(26)10-18(15)25)20-22-21-11-24(20)14-4-5-17-13(8-14)6-7-23(17)3/h4-5,8-12,25-26H,6-7H2,1-3H3. The highest BCUT2D eigenvalue weighted by Gasteiger charge is 2.20. The molecule has 1 aliphatic heterocycles. The maximum Gasteiger partial charge on any atom is 0.172 e. The number of rotatable bonds is 3. The molecule has 0 radical (unpaired) electrons. The Morgan fingerprint density at radius 3 is 2.65 bits per heavy atom. The lowest BCUT2D eigenvalue weighted by molar-refractivity contribution is 0.444. The van der Waals surface area contributed by atoms with Gasteiger partial charge in [-0.15, -0.1) is 10.2 Å². The van der Waals surface area contributed by atoms with Crippen LogP contribution in [0.2, 0.25) is 0 Å². The van der Waals surface area contributed by atoms with Crippen LogP contribution >= 0.6 is 0 Å². The van der Waals surface area contributed by atoms with Gasteiger partial charge in [0, 0.05) is 31.0 Å². The highest BCUT2D eigenvalue weighted by atomic mass is 16.3. The molecular formula is C20H22N4O2. The fourth-order valence-corrected chi connectivity index (χ4v) is 3.55. The Balaban J connectivity index is 1.83. The summed E-state index contributed by atoms with van der Waals surface area (Å²) in [6.07, 6.45) is 2.66. The van der Waals surface area contributed by atoms with Crippen molar-refractivity contribution in [2.75, 3.05) is 18.5 Å². The van der Waals surface area contributed by atoms with Crippen molar-refractivity contribution < 1.29 is 10.2 Å². The van der Waals surface area contributed by atoms with Gasteiger partial charge in [-0.2, -0.15) is 0 Å². The quantitative estimate of drug-likeness (QED) is 0.757. The monoisotopic (exact) mass is 350 g/mol. The molecule has 0 spiro atoms. The third-order valence-electron chi connectivity index (χ3n) is 5.02. The highest BCUT2D eigenvalue weighted by Crippen LogP contribution is 2.38. The second kappa shape index (κ2) is 6.05. The van der Waals surface area contributed by atoms with Crippen molar-refractivity contribution in [1.82, 2.24) is 14.8 Å². The number of phenols is 2. The molecule has 2 N–H and O–H groups in total. The van der Waals surface area contributed by atoms with Gasteiger partial charge in [-0.05, 0) is 47.7 Å². The van der Waals surface area contributed by atoms with E-state index < -0.39 is 0 Å². The molecule has 26 heavy (non-hydrogen) atoms. The van der Waals surface area contributed by atoms with E-state index in [4.69, 9.17) is 0 Å². The Hall–Kier alpha value is -3.02. The summed E-state index contributed by atoms with van der Waals surface area (Å²) in [4.78, 5) is 2.24. The number of phenolic OH excluding ortho intramolecular Hbond substituents is 2. The maximum atomic E-state index is 10.4. The second-order valence-electron chi connectivity index (χ2n) is 7.09. The Morgan fingerprint density at radius 2 is 1.88 bits per heavy atom. The number of hydrogen-bond acceptors (Lipinski definition) is 5. The molecule has 6 heteroatoms. The van der Waals surface area contributed by atoms with Crippen molar-refractivity contribution in [2.24, 2.45) is 0 Å². The van der Waals surface area contributed by atoms with Crippen molar-refractivity contribution in [3.8, 4) is 28.6 Å². The summed E-state index contributed by atoms with van der Waals surface area (Å²) in [5.74, 6) is 0.756. The Kier molecular flexibility index (Phi) is 3.83. The molecule has 0 atom stereocenters. The number of anilines is 1. The Labute approximate surface area is 152 Å². The van der Waals surface area contributed by atoms with E-state index in [1.165, 1.54) is 17.3 Å². The Morgan fingerprint density at radius 1 is 1.08 bits per heavy atom. The van der Waals surface area contributed by atoms with Crippen LogP contribution in [0.3, 0.4) is 0 Å². The minimum absolute atomic E-state index is 0.0120. The molecule has 0 unspecified atom stereocenters. The van der Waals surface area contributed by atoms with Gasteiger partial charge >= 0.3 is 0 Å². The molecule has 1 aromatic heterocycles. The third kappa shape index (κ3) is 2.58. The summed E-state index contributed by atoms with van der Waals surface area (Å²) in [6.45, 7) is 5.01. The highest BCUT2D eigenvalue weighted by molar-refractivity contribution is 5.70. The number of fused-ring (bicyclic) bond motifs is 1. The van der Waals surface area contributed by atoms with E-state index in [2.05, 4.69) is 34.3 Å². The zero-order valence-electron chi connectivity index (χ0n) is 15.1. The lowest BCUT2D eigenvalue weighted by Crippen LogP contribution is -2.12. The minimum Gasteiger partial charge on any atom is -0.508 e. The van der Waals surface area contributed by atoms with Gasteiger partial charge < -0.3 is 15.1 Å². The number of benzene rings is 2. The summed E-state index contributed by atoms with van der Waals surface area (Å²) in [5.41, 5.74) is 4.82. The normalized spacial score (nSPS) is 13.5. The van der Waals surface area contributed by atoms with Crippen molar-refractivity contribution in [1.29, 1.82) is 0 Å². The zero-order chi connectivity index (χ0) is 18.4. The van der Waals surface area contributed by atoms with Crippen LogP contribution in [-0.2, 0) is 6.42 Å². The molecule has 2 aromatic carbocycles. The molecule has 0 saturated carbocycles. The van der Waals surface area contributed by atoms with E-state index in [1.54, 1.807) is 12.4 Å². The summed E-state index contributed by atoms with van der Waals surface area (Å²) in [5, 5.41) is 28.7.